The molecule has 0 aliphatic rings. The monoisotopic (exact) mass is 334 g/mol. The zero-order valence-electron chi connectivity index (χ0n) is 12.2. The maximum Gasteiger partial charge on any atom is 0.336 e. The van der Waals surface area contributed by atoms with Gasteiger partial charge in [-0.1, -0.05) is 0 Å². The molecular weight excluding hydrogens is 316 g/mol. The Morgan fingerprint density at radius 3 is 2.38 bits per heavy atom. The Morgan fingerprint density at radius 2 is 1.95 bits per heavy atom. The van der Waals surface area contributed by atoms with Crippen molar-refractivity contribution in [2.24, 2.45) is 0 Å². The van der Waals surface area contributed by atoms with Crippen LogP contribution >= 0.6 is 11.3 Å². The van der Waals surface area contributed by atoms with Gasteiger partial charge in [-0.25, -0.2) is 13.2 Å². The predicted molar refractivity (Wildman–Crippen MR) is 79.0 cm³/mol. The Bertz CT molecular complexity index is 643. The number of aromatic carboxylic acids is 1. The van der Waals surface area contributed by atoms with Gasteiger partial charge in [-0.15, -0.1) is 11.3 Å². The van der Waals surface area contributed by atoms with Gasteiger partial charge in [-0.3, -0.25) is 4.79 Å². The Balaban J connectivity index is 2.86. The number of thiophene rings is 1. The quantitative estimate of drug-likeness (QED) is 0.835. The van der Waals surface area contributed by atoms with Crippen LogP contribution in [0.15, 0.2) is 15.7 Å². The molecule has 1 amide bonds. The number of sulfonamides is 1. The summed E-state index contributed by atoms with van der Waals surface area (Å²) in [5, 5.41) is 12.7. The van der Waals surface area contributed by atoms with Crippen LogP contribution < -0.4 is 5.32 Å². The zero-order chi connectivity index (χ0) is 16.4. The SMILES string of the molecule is CN(CC(=O)NC(C)(C)C)S(=O)(=O)c1cc(C(=O)O)cs1. The highest BCUT2D eigenvalue weighted by atomic mass is 32.2. The zero-order valence-corrected chi connectivity index (χ0v) is 13.8. The fourth-order valence-electron chi connectivity index (χ4n) is 1.46. The van der Waals surface area contributed by atoms with Gasteiger partial charge in [0.1, 0.15) is 4.21 Å². The summed E-state index contributed by atoms with van der Waals surface area (Å²) in [5.74, 6) is -1.62. The molecule has 118 valence electrons. The van der Waals surface area contributed by atoms with Crippen molar-refractivity contribution < 1.29 is 23.1 Å². The van der Waals surface area contributed by atoms with Crippen LogP contribution in [0.2, 0.25) is 0 Å². The number of carboxylic acid groups (broad SMARTS) is 1. The first-order chi connectivity index (χ1) is 9.43. The molecule has 21 heavy (non-hydrogen) atoms. The normalized spacial score (nSPS) is 12.4. The molecule has 0 spiro atoms. The third-order valence-electron chi connectivity index (χ3n) is 2.37. The molecule has 2 N–H and O–H groups in total. The first-order valence-corrected chi connectivity index (χ1v) is 8.34. The molecule has 1 aromatic heterocycles. The van der Waals surface area contributed by atoms with E-state index in [0.29, 0.717) is 0 Å². The third kappa shape index (κ3) is 4.80. The minimum absolute atomic E-state index is 0.0916. The van der Waals surface area contributed by atoms with E-state index < -0.39 is 27.4 Å². The number of carbonyl (C=O) groups is 2. The molecule has 9 heteroatoms. The van der Waals surface area contributed by atoms with Crippen molar-refractivity contribution in [1.82, 2.24) is 9.62 Å². The molecule has 0 aliphatic carbocycles. The fourth-order valence-corrected chi connectivity index (χ4v) is 3.95. The lowest BCUT2D eigenvalue weighted by Crippen LogP contribution is -2.46. The molecule has 0 aromatic carbocycles. The summed E-state index contributed by atoms with van der Waals surface area (Å²) in [6, 6.07) is 1.08. The van der Waals surface area contributed by atoms with Gasteiger partial charge in [0.15, 0.2) is 0 Å². The van der Waals surface area contributed by atoms with Crippen molar-refractivity contribution in [2.45, 2.75) is 30.5 Å². The second kappa shape index (κ2) is 6.12. The highest BCUT2D eigenvalue weighted by Gasteiger charge is 2.26. The Kier molecular flexibility index (Phi) is 5.13. The van der Waals surface area contributed by atoms with Crippen LogP contribution in [-0.2, 0) is 14.8 Å². The van der Waals surface area contributed by atoms with Crippen molar-refractivity contribution in [3.05, 3.63) is 17.0 Å². The third-order valence-corrected chi connectivity index (χ3v) is 5.59. The van der Waals surface area contributed by atoms with Crippen LogP contribution in [-0.4, -0.2) is 48.8 Å². The minimum atomic E-state index is -3.87. The first-order valence-electron chi connectivity index (χ1n) is 6.02. The van der Waals surface area contributed by atoms with Crippen LogP contribution in [0.1, 0.15) is 31.1 Å². The number of likely N-dealkylation sites (N-methyl/N-ethyl adjacent to an activating group) is 1. The van der Waals surface area contributed by atoms with Crippen molar-refractivity contribution in [1.29, 1.82) is 0 Å². The molecule has 0 saturated carbocycles. The molecule has 1 heterocycles. The number of amides is 1. The fraction of sp³-hybridized carbons (Fsp3) is 0.500. The van der Waals surface area contributed by atoms with Gasteiger partial charge < -0.3 is 10.4 Å². The summed E-state index contributed by atoms with van der Waals surface area (Å²) in [7, 11) is -2.60. The Labute approximate surface area is 127 Å². The van der Waals surface area contributed by atoms with E-state index >= 15 is 0 Å². The molecule has 1 aromatic rings. The largest absolute Gasteiger partial charge is 0.478 e. The van der Waals surface area contributed by atoms with Crippen LogP contribution in [0.3, 0.4) is 0 Å². The molecule has 0 atom stereocenters. The van der Waals surface area contributed by atoms with Gasteiger partial charge in [0.2, 0.25) is 5.91 Å². The molecule has 0 bridgehead atoms. The second-order valence-corrected chi connectivity index (χ2v) is 8.70. The number of carbonyl (C=O) groups excluding carboxylic acids is 1. The van der Waals surface area contributed by atoms with E-state index in [-0.39, 0.29) is 16.3 Å². The van der Waals surface area contributed by atoms with Crippen molar-refractivity contribution >= 4 is 33.2 Å². The van der Waals surface area contributed by atoms with E-state index in [9.17, 15) is 18.0 Å². The minimum Gasteiger partial charge on any atom is -0.478 e. The summed E-state index contributed by atoms with van der Waals surface area (Å²) in [6.07, 6.45) is 0. The smallest absolute Gasteiger partial charge is 0.336 e. The summed E-state index contributed by atoms with van der Waals surface area (Å²) >= 11 is 0.811. The van der Waals surface area contributed by atoms with Gasteiger partial charge in [0.25, 0.3) is 10.0 Å². The molecule has 0 aliphatic heterocycles. The van der Waals surface area contributed by atoms with E-state index in [2.05, 4.69) is 5.32 Å². The van der Waals surface area contributed by atoms with E-state index in [1.807, 2.05) is 0 Å². The van der Waals surface area contributed by atoms with E-state index in [0.717, 1.165) is 21.7 Å². The van der Waals surface area contributed by atoms with Crippen molar-refractivity contribution in [3.63, 3.8) is 0 Å². The highest BCUT2D eigenvalue weighted by Crippen LogP contribution is 2.23. The van der Waals surface area contributed by atoms with Crippen LogP contribution in [0.25, 0.3) is 0 Å². The lowest BCUT2D eigenvalue weighted by atomic mass is 10.1. The average molecular weight is 334 g/mol. The number of carboxylic acids is 1. The molecule has 0 saturated heterocycles. The van der Waals surface area contributed by atoms with E-state index in [1.165, 1.54) is 12.4 Å². The van der Waals surface area contributed by atoms with E-state index in [4.69, 9.17) is 5.11 Å². The highest BCUT2D eigenvalue weighted by molar-refractivity contribution is 7.91. The van der Waals surface area contributed by atoms with Gasteiger partial charge in [0.05, 0.1) is 12.1 Å². The van der Waals surface area contributed by atoms with Gasteiger partial charge >= 0.3 is 5.97 Å². The summed E-state index contributed by atoms with van der Waals surface area (Å²) in [4.78, 5) is 22.5. The molecule has 0 unspecified atom stereocenters. The lowest BCUT2D eigenvalue weighted by molar-refractivity contribution is -0.122. The van der Waals surface area contributed by atoms with E-state index in [1.54, 1.807) is 20.8 Å². The second-order valence-electron chi connectivity index (χ2n) is 5.52. The van der Waals surface area contributed by atoms with Crippen LogP contribution in [0.4, 0.5) is 0 Å². The van der Waals surface area contributed by atoms with Crippen LogP contribution in [0.5, 0.6) is 0 Å². The molecular formula is C12H18N2O5S2. The topological polar surface area (TPSA) is 104 Å². The summed E-state index contributed by atoms with van der Waals surface area (Å²) in [5.41, 5.74) is -0.549. The summed E-state index contributed by atoms with van der Waals surface area (Å²) < 4.78 is 25.3. The number of nitrogens with one attached hydrogen (secondary N) is 1. The molecule has 0 radical (unpaired) electrons. The maximum absolute atomic E-state index is 12.2. The number of rotatable bonds is 5. The van der Waals surface area contributed by atoms with Gasteiger partial charge in [-0.2, -0.15) is 4.31 Å². The molecule has 7 nitrogen and oxygen atoms in total. The average Bonchev–Trinajstić information content (AvgIpc) is 2.75. The first kappa shape index (κ1) is 17.6. The van der Waals surface area contributed by atoms with Crippen molar-refractivity contribution in [2.75, 3.05) is 13.6 Å². The lowest BCUT2D eigenvalue weighted by Gasteiger charge is -2.22. The number of hydrogen-bond donors (Lipinski definition) is 2. The van der Waals surface area contributed by atoms with Gasteiger partial charge in [0, 0.05) is 18.0 Å². The number of hydrogen-bond acceptors (Lipinski definition) is 5. The summed E-state index contributed by atoms with van der Waals surface area (Å²) in [6.45, 7) is 5.04. The van der Waals surface area contributed by atoms with Gasteiger partial charge in [-0.05, 0) is 26.8 Å². The number of nitrogens with zero attached hydrogens (tertiary/aromatic N) is 1. The molecule has 0 fully saturated rings. The van der Waals surface area contributed by atoms with Crippen LogP contribution in [0, 0.1) is 0 Å². The standard InChI is InChI=1S/C12H18N2O5S2/c1-12(2,3)13-9(15)6-14(4)21(18,19)10-5-8(7-20-10)11(16)17/h5,7H,6H2,1-4H3,(H,13,15)(H,16,17). The Morgan fingerprint density at radius 1 is 1.38 bits per heavy atom. The molecule has 1 rings (SSSR count). The Hall–Kier alpha value is -1.45. The van der Waals surface area contributed by atoms with Crippen molar-refractivity contribution in [3.8, 4) is 0 Å². The maximum atomic E-state index is 12.2. The predicted octanol–water partition coefficient (Wildman–Crippen LogP) is 0.981.